The van der Waals surface area contributed by atoms with Crippen molar-refractivity contribution in [3.05, 3.63) is 0 Å². The van der Waals surface area contributed by atoms with Crippen molar-refractivity contribution in [3.8, 4) is 0 Å². The first-order chi connectivity index (χ1) is 4.00. The molecule has 0 aromatic carbocycles. The van der Waals surface area contributed by atoms with Crippen LogP contribution in [-0.2, 0) is 31.7 Å². The Labute approximate surface area is 113 Å². The van der Waals surface area contributed by atoms with Crippen molar-refractivity contribution in [2.45, 2.75) is 0 Å². The Hall–Kier alpha value is 1.96. The molecule has 0 fully saturated rings. The smallest absolute Gasteiger partial charge is 0.873 e. The molecule has 0 unspecified atom stereocenters. The molecule has 0 aliphatic carbocycles. The van der Waals surface area contributed by atoms with E-state index in [9.17, 15) is 0 Å². The van der Waals surface area contributed by atoms with Crippen molar-refractivity contribution < 1.29 is 61.0 Å². The summed E-state index contributed by atoms with van der Waals surface area (Å²) in [6.45, 7) is 0. The molecular weight excluding hydrogens is 302 g/mol. The van der Waals surface area contributed by atoms with Gasteiger partial charge in [-0.1, -0.05) is 0 Å². The van der Waals surface area contributed by atoms with Gasteiger partial charge in [-0.3, -0.25) is 0 Å². The van der Waals surface area contributed by atoms with E-state index < -0.39 is 15.6 Å². The van der Waals surface area contributed by atoms with Gasteiger partial charge in [-0.2, -0.15) is 15.6 Å². The topological polar surface area (TPSA) is 207 Å². The molecule has 0 aliphatic heterocycles. The summed E-state index contributed by atoms with van der Waals surface area (Å²) in [7, 11) is -10.8. The minimum atomic E-state index is -5.39. The van der Waals surface area contributed by atoms with Crippen molar-refractivity contribution in [3.63, 3.8) is 0 Å². The van der Waals surface area contributed by atoms with Gasteiger partial charge in [0.25, 0.3) is 0 Å². The van der Waals surface area contributed by atoms with Gasteiger partial charge in [-0.25, -0.2) is 0 Å². The van der Waals surface area contributed by atoms with Gasteiger partial charge < -0.3 is 44.0 Å². The molecule has 4 N–H and O–H groups in total. The fourth-order valence-corrected chi connectivity index (χ4v) is 0. The molecule has 0 radical (unpaired) electrons. The zero-order valence-corrected chi connectivity index (χ0v) is 11.0. The van der Waals surface area contributed by atoms with Gasteiger partial charge in [0.1, 0.15) is 0 Å². The molecule has 0 amide bonds. The van der Waals surface area contributed by atoms with E-state index in [4.69, 9.17) is 38.5 Å². The molecule has 0 bridgehead atoms. The molecule has 0 saturated heterocycles. The quantitative estimate of drug-likeness (QED) is 0.309. The van der Waals surface area contributed by atoms with Crippen LogP contribution in [0, 0.1) is 0 Å². The molecule has 0 aromatic rings. The van der Waals surface area contributed by atoms with E-state index in [0.717, 1.165) is 0 Å². The number of rotatable bonds is 0. The standard InChI is InChI=1S/Ca.Fe.2H3O4P.H4O/c;;2*1-5(2,3)4;/h;;2*(H3,1,2,3,4);1H4/q2*+2;;;+2/p-6. The SMILES string of the molecule is O=P([O-])([O-])[O-].O=P([O-])([O-])[O-].[Ca+2].[Fe+2].[OH4+2]. The molecule has 0 aromatic heterocycles. The van der Waals surface area contributed by atoms with Gasteiger partial charge in [0.15, 0.2) is 0 Å². The second-order valence-corrected chi connectivity index (χ2v) is 2.68. The molecule has 0 saturated carbocycles. The van der Waals surface area contributed by atoms with Gasteiger partial charge in [-0.15, -0.1) is 0 Å². The van der Waals surface area contributed by atoms with Crippen molar-refractivity contribution in [2.24, 2.45) is 0 Å². The minimum absolute atomic E-state index is 0. The third-order valence-corrected chi connectivity index (χ3v) is 0. The summed E-state index contributed by atoms with van der Waals surface area (Å²) < 4.78 is 17.1. The fourth-order valence-electron chi connectivity index (χ4n) is 0. The number of hydrogen-bond donors (Lipinski definition) is 0. The Morgan fingerprint density at radius 2 is 0.692 bits per heavy atom. The summed E-state index contributed by atoms with van der Waals surface area (Å²) in [6.07, 6.45) is 0. The van der Waals surface area contributed by atoms with Crippen molar-refractivity contribution in [1.29, 1.82) is 0 Å². The van der Waals surface area contributed by atoms with Crippen LogP contribution < -0.4 is 29.4 Å². The van der Waals surface area contributed by atoms with Crippen LogP contribution in [-0.4, -0.2) is 37.7 Å². The average Bonchev–Trinajstić information content (AvgIpc) is 1.12. The van der Waals surface area contributed by atoms with Crippen LogP contribution in [0.5, 0.6) is 0 Å². The first-order valence-corrected chi connectivity index (χ1v) is 4.38. The summed E-state index contributed by atoms with van der Waals surface area (Å²) in [5, 5.41) is 0. The Kier molecular flexibility index (Phi) is 27.2. The molecular formula is H4CaFeO9P2. The third-order valence-electron chi connectivity index (χ3n) is 0. The molecule has 0 spiro atoms. The maximum atomic E-state index is 8.55. The Bertz CT molecular complexity index is 130. The van der Waals surface area contributed by atoms with E-state index >= 15 is 0 Å². The molecule has 78 valence electrons. The number of phosphoric acid groups is 2. The fraction of sp³-hybridized carbons (Fsp3) is 0. The molecule has 0 heterocycles. The van der Waals surface area contributed by atoms with Crippen LogP contribution in [0.4, 0.5) is 0 Å². The molecule has 13 heteroatoms. The molecule has 0 rings (SSSR count). The summed E-state index contributed by atoms with van der Waals surface area (Å²) in [5.74, 6) is 0. The predicted molar refractivity (Wildman–Crippen MR) is 27.2 cm³/mol. The van der Waals surface area contributed by atoms with Gasteiger partial charge in [0.05, 0.1) is 0 Å². The summed E-state index contributed by atoms with van der Waals surface area (Å²) in [5.41, 5.74) is 0. The van der Waals surface area contributed by atoms with E-state index in [-0.39, 0.29) is 60.3 Å². The normalized spacial score (nSPS) is 9.08. The van der Waals surface area contributed by atoms with E-state index in [1.54, 1.807) is 0 Å². The van der Waals surface area contributed by atoms with Crippen LogP contribution in [0.3, 0.4) is 0 Å². The monoisotopic (exact) mass is 306 g/mol. The Balaban J connectivity index is -0.0000000267. The maximum Gasteiger partial charge on any atom is 2.00 e. The summed E-state index contributed by atoms with van der Waals surface area (Å²) >= 11 is 0. The van der Waals surface area contributed by atoms with E-state index in [1.165, 1.54) is 0 Å². The zero-order chi connectivity index (χ0) is 9.00. The second-order valence-electron chi connectivity index (χ2n) is 0.894. The van der Waals surface area contributed by atoms with Crippen LogP contribution in [0.15, 0.2) is 0 Å². The van der Waals surface area contributed by atoms with Gasteiger partial charge in [0, 0.05) is 0 Å². The molecule has 0 aliphatic rings. The van der Waals surface area contributed by atoms with Gasteiger partial charge in [0.2, 0.25) is 0 Å². The van der Waals surface area contributed by atoms with Gasteiger partial charge >= 0.3 is 54.8 Å². The number of hydrogen-bond acceptors (Lipinski definition) is 8. The molecule has 9 nitrogen and oxygen atoms in total. The predicted octanol–water partition coefficient (Wildman–Crippen LogP) is -7.22. The Morgan fingerprint density at radius 1 is 0.692 bits per heavy atom. The summed E-state index contributed by atoms with van der Waals surface area (Å²) in [4.78, 5) is 51.3. The van der Waals surface area contributed by atoms with Crippen LogP contribution >= 0.6 is 15.6 Å². The first-order valence-electron chi connectivity index (χ1n) is 1.46. The third kappa shape index (κ3) is 520. The van der Waals surface area contributed by atoms with E-state index in [2.05, 4.69) is 0 Å². The van der Waals surface area contributed by atoms with Crippen molar-refractivity contribution >= 4 is 53.4 Å². The van der Waals surface area contributed by atoms with Crippen LogP contribution in [0.25, 0.3) is 0 Å². The zero-order valence-electron chi connectivity index (χ0n) is 5.93. The molecule has 0 atom stereocenters. The van der Waals surface area contributed by atoms with Crippen LogP contribution in [0.2, 0.25) is 0 Å². The maximum absolute atomic E-state index is 8.55. The van der Waals surface area contributed by atoms with E-state index in [0.29, 0.717) is 0 Å². The van der Waals surface area contributed by atoms with Crippen molar-refractivity contribution in [1.82, 2.24) is 0 Å². The second kappa shape index (κ2) is 12.0. The minimum Gasteiger partial charge on any atom is -0.873 e. The Morgan fingerprint density at radius 3 is 0.692 bits per heavy atom. The summed E-state index contributed by atoms with van der Waals surface area (Å²) in [6, 6.07) is 0. The van der Waals surface area contributed by atoms with E-state index in [1.807, 2.05) is 0 Å². The molecule has 13 heavy (non-hydrogen) atoms. The van der Waals surface area contributed by atoms with Gasteiger partial charge in [-0.05, 0) is 0 Å². The first kappa shape index (κ1) is 29.4. The average molecular weight is 306 g/mol. The largest absolute Gasteiger partial charge is 2.00 e. The van der Waals surface area contributed by atoms with Crippen molar-refractivity contribution in [2.75, 3.05) is 0 Å². The van der Waals surface area contributed by atoms with Crippen LogP contribution in [0.1, 0.15) is 0 Å².